The van der Waals surface area contributed by atoms with E-state index in [4.69, 9.17) is 5.11 Å². The van der Waals surface area contributed by atoms with Crippen LogP contribution in [-0.4, -0.2) is 51.9 Å². The molecule has 0 radical (unpaired) electrons. The van der Waals surface area contributed by atoms with Gasteiger partial charge in [0.1, 0.15) is 5.75 Å². The van der Waals surface area contributed by atoms with E-state index in [1.807, 2.05) is 19.1 Å². The number of aliphatic hydroxyl groups excluding tert-OH is 2. The van der Waals surface area contributed by atoms with Crippen molar-refractivity contribution >= 4 is 12.0 Å². The molecule has 0 fully saturated rings. The second kappa shape index (κ2) is 10.3. The van der Waals surface area contributed by atoms with E-state index in [1.54, 1.807) is 11.0 Å². The number of hydrogen-bond acceptors (Lipinski definition) is 4. The zero-order valence-electron chi connectivity index (χ0n) is 19.1. The molecule has 1 rings (SSSR count). The normalized spacial score (nSPS) is 13.7. The van der Waals surface area contributed by atoms with Crippen LogP contribution in [0.3, 0.4) is 0 Å². The van der Waals surface area contributed by atoms with E-state index < -0.39 is 6.10 Å². The highest BCUT2D eigenvalue weighted by atomic mass is 16.3. The number of unbranched alkanes of at least 4 members (excludes halogenated alkanes) is 1. The van der Waals surface area contributed by atoms with E-state index >= 15 is 0 Å². The van der Waals surface area contributed by atoms with Crippen LogP contribution in [-0.2, 0) is 15.6 Å². The third-order valence-corrected chi connectivity index (χ3v) is 4.90. The van der Waals surface area contributed by atoms with Gasteiger partial charge in [0.25, 0.3) is 0 Å². The summed E-state index contributed by atoms with van der Waals surface area (Å²) in [4.78, 5) is 14.3. The standard InChI is InChI=1S/C24H39NO4/c1-8-9-12-25(15-18(27)16-26)21(28)11-10-17-13-19(23(2,3)4)22(29)20(14-17)24(5,6)7/h10-11,13-14,18,26-27,29H,8-9,12,15-16H2,1-7H3/b11-10+. The van der Waals surface area contributed by atoms with E-state index in [0.717, 1.165) is 29.5 Å². The molecule has 1 aromatic carbocycles. The third-order valence-electron chi connectivity index (χ3n) is 4.90. The molecule has 1 atom stereocenters. The quantitative estimate of drug-likeness (QED) is 0.572. The smallest absolute Gasteiger partial charge is 0.246 e. The average Bonchev–Trinajstić information content (AvgIpc) is 2.61. The molecule has 1 aromatic rings. The number of phenolic OH excluding ortho intramolecular Hbond substituents is 1. The van der Waals surface area contributed by atoms with Crippen LogP contribution in [0.1, 0.15) is 78.0 Å². The zero-order chi connectivity index (χ0) is 22.4. The summed E-state index contributed by atoms with van der Waals surface area (Å²) >= 11 is 0. The lowest BCUT2D eigenvalue weighted by atomic mass is 9.78. The van der Waals surface area contributed by atoms with Gasteiger partial charge in [0.15, 0.2) is 0 Å². The van der Waals surface area contributed by atoms with Gasteiger partial charge < -0.3 is 20.2 Å². The van der Waals surface area contributed by atoms with Crippen LogP contribution in [0.25, 0.3) is 6.08 Å². The summed E-state index contributed by atoms with van der Waals surface area (Å²) in [6.45, 7) is 14.6. The lowest BCUT2D eigenvalue weighted by Crippen LogP contribution is -2.38. The summed E-state index contributed by atoms with van der Waals surface area (Å²) in [7, 11) is 0. The Morgan fingerprint density at radius 3 is 2.03 bits per heavy atom. The van der Waals surface area contributed by atoms with Gasteiger partial charge in [0.2, 0.25) is 5.91 Å². The van der Waals surface area contributed by atoms with Crippen LogP contribution < -0.4 is 0 Å². The molecule has 5 nitrogen and oxygen atoms in total. The van der Waals surface area contributed by atoms with Gasteiger partial charge in [0, 0.05) is 30.3 Å². The maximum Gasteiger partial charge on any atom is 0.246 e. The van der Waals surface area contributed by atoms with Crippen LogP contribution >= 0.6 is 0 Å². The molecule has 0 bridgehead atoms. The first kappa shape index (κ1) is 25.2. The van der Waals surface area contributed by atoms with Crippen molar-refractivity contribution in [3.63, 3.8) is 0 Å². The summed E-state index contributed by atoms with van der Waals surface area (Å²) in [5, 5.41) is 29.7. The number of benzene rings is 1. The molecule has 0 aliphatic carbocycles. The van der Waals surface area contributed by atoms with Crippen molar-refractivity contribution in [2.75, 3.05) is 19.7 Å². The Morgan fingerprint density at radius 2 is 1.62 bits per heavy atom. The predicted octanol–water partition coefficient (Wildman–Crippen LogP) is 3.98. The van der Waals surface area contributed by atoms with E-state index in [9.17, 15) is 15.0 Å². The first-order chi connectivity index (χ1) is 13.3. The van der Waals surface area contributed by atoms with Crippen LogP contribution in [0.2, 0.25) is 0 Å². The van der Waals surface area contributed by atoms with E-state index in [2.05, 4.69) is 41.5 Å². The van der Waals surface area contributed by atoms with Crippen molar-refractivity contribution in [2.24, 2.45) is 0 Å². The molecule has 0 spiro atoms. The molecular weight excluding hydrogens is 366 g/mol. The van der Waals surface area contributed by atoms with Crippen molar-refractivity contribution < 1.29 is 20.1 Å². The number of aliphatic hydroxyl groups is 2. The van der Waals surface area contributed by atoms with Crippen LogP contribution in [0.4, 0.5) is 0 Å². The van der Waals surface area contributed by atoms with Crippen molar-refractivity contribution in [3.05, 3.63) is 34.9 Å². The summed E-state index contributed by atoms with van der Waals surface area (Å²) in [5.74, 6) is 0.109. The fourth-order valence-electron chi connectivity index (χ4n) is 3.12. The minimum absolute atomic E-state index is 0.107. The highest BCUT2D eigenvalue weighted by Gasteiger charge is 2.26. The number of amides is 1. The van der Waals surface area contributed by atoms with Gasteiger partial charge in [-0.2, -0.15) is 0 Å². The number of hydrogen-bond donors (Lipinski definition) is 3. The molecule has 3 N–H and O–H groups in total. The Morgan fingerprint density at radius 1 is 1.10 bits per heavy atom. The number of phenols is 1. The van der Waals surface area contributed by atoms with E-state index in [0.29, 0.717) is 12.3 Å². The number of aromatic hydroxyl groups is 1. The van der Waals surface area contributed by atoms with E-state index in [1.165, 1.54) is 6.08 Å². The SMILES string of the molecule is CCCCN(CC(O)CO)C(=O)/C=C/c1cc(C(C)(C)C)c(O)c(C(C)(C)C)c1. The molecule has 5 heteroatoms. The molecule has 0 saturated carbocycles. The third kappa shape index (κ3) is 7.48. The van der Waals surface area contributed by atoms with Gasteiger partial charge in [-0.3, -0.25) is 4.79 Å². The van der Waals surface area contributed by atoms with Crippen molar-refractivity contribution in [2.45, 2.75) is 78.2 Å². The molecule has 1 amide bonds. The van der Waals surface area contributed by atoms with Gasteiger partial charge in [-0.1, -0.05) is 54.9 Å². The topological polar surface area (TPSA) is 81.0 Å². The highest BCUT2D eigenvalue weighted by Crippen LogP contribution is 2.40. The first-order valence-electron chi connectivity index (χ1n) is 10.4. The molecule has 0 aliphatic rings. The Balaban J connectivity index is 3.25. The minimum Gasteiger partial charge on any atom is -0.507 e. The molecular formula is C24H39NO4. The number of carbonyl (C=O) groups excluding carboxylic acids is 1. The largest absolute Gasteiger partial charge is 0.507 e. The van der Waals surface area contributed by atoms with Crippen molar-refractivity contribution in [3.8, 4) is 5.75 Å². The lowest BCUT2D eigenvalue weighted by Gasteiger charge is -2.28. The monoisotopic (exact) mass is 405 g/mol. The van der Waals surface area contributed by atoms with Gasteiger partial charge in [-0.15, -0.1) is 0 Å². The molecule has 29 heavy (non-hydrogen) atoms. The fraction of sp³-hybridized carbons (Fsp3) is 0.625. The molecule has 164 valence electrons. The Hall–Kier alpha value is -1.85. The van der Waals surface area contributed by atoms with Gasteiger partial charge in [-0.25, -0.2) is 0 Å². The number of rotatable bonds is 8. The average molecular weight is 406 g/mol. The fourth-order valence-corrected chi connectivity index (χ4v) is 3.12. The van der Waals surface area contributed by atoms with Gasteiger partial charge in [-0.05, 0) is 41.0 Å². The molecule has 0 saturated heterocycles. The second-order valence-electron chi connectivity index (χ2n) is 9.77. The van der Waals surface area contributed by atoms with Crippen LogP contribution in [0.15, 0.2) is 18.2 Å². The highest BCUT2D eigenvalue weighted by molar-refractivity contribution is 5.92. The lowest BCUT2D eigenvalue weighted by molar-refractivity contribution is -0.127. The molecule has 0 aromatic heterocycles. The summed E-state index contributed by atoms with van der Waals surface area (Å²) in [6, 6.07) is 3.85. The maximum absolute atomic E-state index is 12.7. The first-order valence-corrected chi connectivity index (χ1v) is 10.4. The Labute approximate surface area is 176 Å². The maximum atomic E-state index is 12.7. The summed E-state index contributed by atoms with van der Waals surface area (Å²) in [6.07, 6.45) is 4.09. The van der Waals surface area contributed by atoms with Crippen LogP contribution in [0, 0.1) is 0 Å². The van der Waals surface area contributed by atoms with Gasteiger partial charge >= 0.3 is 0 Å². The minimum atomic E-state index is -0.946. The molecule has 1 unspecified atom stereocenters. The second-order valence-corrected chi connectivity index (χ2v) is 9.77. The Bertz CT molecular complexity index is 676. The molecule has 0 aliphatic heterocycles. The number of carbonyl (C=O) groups is 1. The Kier molecular flexibility index (Phi) is 8.91. The van der Waals surface area contributed by atoms with Crippen molar-refractivity contribution in [1.82, 2.24) is 4.90 Å². The zero-order valence-corrected chi connectivity index (χ0v) is 19.1. The van der Waals surface area contributed by atoms with Crippen molar-refractivity contribution in [1.29, 1.82) is 0 Å². The number of nitrogens with zero attached hydrogens (tertiary/aromatic N) is 1. The van der Waals surface area contributed by atoms with Gasteiger partial charge in [0.05, 0.1) is 12.7 Å². The van der Waals surface area contributed by atoms with Crippen LogP contribution in [0.5, 0.6) is 5.75 Å². The molecule has 0 heterocycles. The predicted molar refractivity (Wildman–Crippen MR) is 119 cm³/mol. The van der Waals surface area contributed by atoms with E-state index in [-0.39, 0.29) is 29.9 Å². The summed E-state index contributed by atoms with van der Waals surface area (Å²) < 4.78 is 0. The summed E-state index contributed by atoms with van der Waals surface area (Å²) in [5.41, 5.74) is 2.06.